The molecule has 0 aliphatic carbocycles. The van der Waals surface area contributed by atoms with Crippen molar-refractivity contribution in [1.29, 1.82) is 0 Å². The van der Waals surface area contributed by atoms with Gasteiger partial charge in [0.25, 0.3) is 0 Å². The van der Waals surface area contributed by atoms with Gasteiger partial charge in [0.05, 0.1) is 0 Å². The molecule has 1 aliphatic heterocycles. The van der Waals surface area contributed by atoms with Gasteiger partial charge in [-0.1, -0.05) is 13.8 Å². The molecule has 1 atom stereocenters. The van der Waals surface area contributed by atoms with E-state index in [9.17, 15) is 0 Å². The standard InChI is InChI=1S/C14H23BrN2S/c1-11(2)6-16-7-12-3-4-17(8-12)9-14-5-13(15)10-18-14/h5,10-12,16H,3-4,6-9H2,1-2H3. The summed E-state index contributed by atoms with van der Waals surface area (Å²) in [6.07, 6.45) is 1.34. The van der Waals surface area contributed by atoms with Gasteiger partial charge in [-0.2, -0.15) is 0 Å². The van der Waals surface area contributed by atoms with Crippen LogP contribution in [0.3, 0.4) is 0 Å². The van der Waals surface area contributed by atoms with Crippen LogP contribution < -0.4 is 5.32 Å². The van der Waals surface area contributed by atoms with E-state index in [4.69, 9.17) is 0 Å². The van der Waals surface area contributed by atoms with E-state index in [2.05, 4.69) is 51.4 Å². The topological polar surface area (TPSA) is 15.3 Å². The minimum absolute atomic E-state index is 0.756. The van der Waals surface area contributed by atoms with E-state index in [1.165, 1.54) is 35.4 Å². The van der Waals surface area contributed by atoms with Crippen molar-refractivity contribution in [3.63, 3.8) is 0 Å². The third-order valence-electron chi connectivity index (χ3n) is 3.36. The van der Waals surface area contributed by atoms with Gasteiger partial charge in [-0.25, -0.2) is 0 Å². The fourth-order valence-electron chi connectivity index (χ4n) is 2.46. The summed E-state index contributed by atoms with van der Waals surface area (Å²) >= 11 is 5.38. The lowest BCUT2D eigenvalue weighted by Crippen LogP contribution is -2.28. The smallest absolute Gasteiger partial charge is 0.0328 e. The molecule has 0 aromatic carbocycles. The van der Waals surface area contributed by atoms with Crippen LogP contribution in [0.15, 0.2) is 15.9 Å². The average Bonchev–Trinajstić information content (AvgIpc) is 2.89. The molecule has 18 heavy (non-hydrogen) atoms. The second kappa shape index (κ2) is 7.04. The number of nitrogens with zero attached hydrogens (tertiary/aromatic N) is 1. The highest BCUT2D eigenvalue weighted by atomic mass is 79.9. The summed E-state index contributed by atoms with van der Waals surface area (Å²) in [5.41, 5.74) is 0. The monoisotopic (exact) mass is 330 g/mol. The summed E-state index contributed by atoms with van der Waals surface area (Å²) < 4.78 is 1.22. The zero-order valence-corrected chi connectivity index (χ0v) is 13.7. The molecule has 2 rings (SSSR count). The van der Waals surface area contributed by atoms with Gasteiger partial charge in [0.2, 0.25) is 0 Å². The van der Waals surface area contributed by atoms with Crippen molar-refractivity contribution in [2.75, 3.05) is 26.2 Å². The van der Waals surface area contributed by atoms with Crippen LogP contribution in [0, 0.1) is 11.8 Å². The van der Waals surface area contributed by atoms with E-state index in [0.29, 0.717) is 0 Å². The second-order valence-electron chi connectivity index (χ2n) is 5.67. The van der Waals surface area contributed by atoms with Crippen molar-refractivity contribution in [2.24, 2.45) is 11.8 Å². The molecule has 1 unspecified atom stereocenters. The fourth-order valence-corrected chi connectivity index (χ4v) is 3.95. The highest BCUT2D eigenvalue weighted by molar-refractivity contribution is 9.10. The van der Waals surface area contributed by atoms with Gasteiger partial charge in [-0.05, 0) is 59.9 Å². The highest BCUT2D eigenvalue weighted by Crippen LogP contribution is 2.24. The van der Waals surface area contributed by atoms with Crippen molar-refractivity contribution in [2.45, 2.75) is 26.8 Å². The maximum atomic E-state index is 3.58. The Morgan fingerprint density at radius 3 is 3.06 bits per heavy atom. The van der Waals surface area contributed by atoms with Crippen LogP contribution >= 0.6 is 27.3 Å². The molecule has 0 spiro atoms. The quantitative estimate of drug-likeness (QED) is 0.857. The van der Waals surface area contributed by atoms with E-state index < -0.39 is 0 Å². The van der Waals surface area contributed by atoms with Crippen molar-refractivity contribution in [1.82, 2.24) is 10.2 Å². The molecule has 2 heterocycles. The Morgan fingerprint density at radius 1 is 1.56 bits per heavy atom. The largest absolute Gasteiger partial charge is 0.316 e. The molecule has 1 aromatic rings. The fraction of sp³-hybridized carbons (Fsp3) is 0.714. The van der Waals surface area contributed by atoms with E-state index in [-0.39, 0.29) is 0 Å². The summed E-state index contributed by atoms with van der Waals surface area (Å²) in [5.74, 6) is 1.60. The zero-order chi connectivity index (χ0) is 13.0. The molecule has 0 bridgehead atoms. The molecule has 4 heteroatoms. The van der Waals surface area contributed by atoms with Crippen LogP contribution in [0.1, 0.15) is 25.1 Å². The van der Waals surface area contributed by atoms with Gasteiger partial charge in [-0.15, -0.1) is 11.3 Å². The van der Waals surface area contributed by atoms with Gasteiger partial charge in [-0.3, -0.25) is 4.90 Å². The minimum atomic E-state index is 0.756. The van der Waals surface area contributed by atoms with Crippen LogP contribution in [0.2, 0.25) is 0 Å². The Labute approximate surface area is 123 Å². The number of hydrogen-bond acceptors (Lipinski definition) is 3. The normalized spacial score (nSPS) is 21.0. The SMILES string of the molecule is CC(C)CNCC1CCN(Cc2cc(Br)cs2)C1. The highest BCUT2D eigenvalue weighted by Gasteiger charge is 2.22. The van der Waals surface area contributed by atoms with Gasteiger partial charge in [0.15, 0.2) is 0 Å². The molecule has 0 radical (unpaired) electrons. The Morgan fingerprint density at radius 2 is 2.39 bits per heavy atom. The van der Waals surface area contributed by atoms with Crippen molar-refractivity contribution < 1.29 is 0 Å². The van der Waals surface area contributed by atoms with E-state index in [1.54, 1.807) is 0 Å². The van der Waals surface area contributed by atoms with Gasteiger partial charge >= 0.3 is 0 Å². The van der Waals surface area contributed by atoms with Crippen LogP contribution in [-0.4, -0.2) is 31.1 Å². The van der Waals surface area contributed by atoms with E-state index in [1.807, 2.05) is 11.3 Å². The summed E-state index contributed by atoms with van der Waals surface area (Å²) in [7, 11) is 0. The Kier molecular flexibility index (Phi) is 5.67. The third-order valence-corrected chi connectivity index (χ3v) is 5.04. The molecule has 0 saturated carbocycles. The summed E-state index contributed by atoms with van der Waals surface area (Å²) in [4.78, 5) is 4.05. The number of rotatable bonds is 6. The van der Waals surface area contributed by atoms with Crippen LogP contribution in [-0.2, 0) is 6.54 Å². The van der Waals surface area contributed by atoms with E-state index in [0.717, 1.165) is 24.9 Å². The molecule has 1 fully saturated rings. The summed E-state index contributed by atoms with van der Waals surface area (Å²) in [6.45, 7) is 10.5. The average molecular weight is 331 g/mol. The molecular weight excluding hydrogens is 308 g/mol. The predicted molar refractivity (Wildman–Crippen MR) is 83.1 cm³/mol. The zero-order valence-electron chi connectivity index (χ0n) is 11.3. The Hall–Kier alpha value is 0.1000. The van der Waals surface area contributed by atoms with Gasteiger partial charge in [0.1, 0.15) is 0 Å². The van der Waals surface area contributed by atoms with Gasteiger partial charge in [0, 0.05) is 27.8 Å². The molecule has 2 nitrogen and oxygen atoms in total. The van der Waals surface area contributed by atoms with Crippen LogP contribution in [0.5, 0.6) is 0 Å². The van der Waals surface area contributed by atoms with E-state index >= 15 is 0 Å². The number of nitrogens with one attached hydrogen (secondary N) is 1. The predicted octanol–water partition coefficient (Wildman–Crippen LogP) is 3.58. The first-order valence-corrected chi connectivity index (χ1v) is 8.46. The number of halogens is 1. The lowest BCUT2D eigenvalue weighted by atomic mass is 10.1. The number of likely N-dealkylation sites (tertiary alicyclic amines) is 1. The molecule has 102 valence electrons. The summed E-state index contributed by atoms with van der Waals surface area (Å²) in [5, 5.41) is 5.76. The molecule has 1 aliphatic rings. The first-order valence-electron chi connectivity index (χ1n) is 6.79. The maximum Gasteiger partial charge on any atom is 0.0328 e. The van der Waals surface area contributed by atoms with Crippen molar-refractivity contribution in [3.8, 4) is 0 Å². The number of thiophene rings is 1. The maximum absolute atomic E-state index is 3.58. The lowest BCUT2D eigenvalue weighted by Gasteiger charge is -2.15. The van der Waals surface area contributed by atoms with Crippen LogP contribution in [0.4, 0.5) is 0 Å². The Balaban J connectivity index is 1.68. The first kappa shape index (κ1) is 14.5. The lowest BCUT2D eigenvalue weighted by molar-refractivity contribution is 0.316. The molecule has 1 N–H and O–H groups in total. The van der Waals surface area contributed by atoms with Crippen molar-refractivity contribution >= 4 is 27.3 Å². The molecule has 1 aromatic heterocycles. The second-order valence-corrected chi connectivity index (χ2v) is 7.58. The van der Waals surface area contributed by atoms with Crippen molar-refractivity contribution in [3.05, 3.63) is 20.8 Å². The minimum Gasteiger partial charge on any atom is -0.316 e. The van der Waals surface area contributed by atoms with Gasteiger partial charge < -0.3 is 5.32 Å². The third kappa shape index (κ3) is 4.65. The first-order chi connectivity index (χ1) is 8.63. The molecular formula is C14H23BrN2S. The Bertz CT molecular complexity index is 364. The summed E-state index contributed by atoms with van der Waals surface area (Å²) in [6, 6.07) is 2.25. The molecule has 1 saturated heterocycles. The number of hydrogen-bond donors (Lipinski definition) is 1. The van der Waals surface area contributed by atoms with Crippen LogP contribution in [0.25, 0.3) is 0 Å². The molecule has 0 amide bonds.